The van der Waals surface area contributed by atoms with E-state index in [4.69, 9.17) is 14.8 Å². The van der Waals surface area contributed by atoms with Crippen molar-refractivity contribution >= 4 is 11.9 Å². The summed E-state index contributed by atoms with van der Waals surface area (Å²) >= 11 is 0. The first kappa shape index (κ1) is 28.9. The molecule has 0 saturated heterocycles. The van der Waals surface area contributed by atoms with Crippen LogP contribution in [0.5, 0.6) is 5.75 Å². The lowest BCUT2D eigenvalue weighted by atomic mass is 9.86. The minimum Gasteiger partial charge on any atom is -0.486 e. The van der Waals surface area contributed by atoms with Crippen LogP contribution in [0, 0.1) is 5.41 Å². The maximum absolute atomic E-state index is 12.3. The highest BCUT2D eigenvalue weighted by atomic mass is 16.5. The number of pyridine rings is 1. The van der Waals surface area contributed by atoms with E-state index in [1.54, 1.807) is 24.3 Å². The molecule has 0 radical (unpaired) electrons. The molecule has 0 aliphatic heterocycles. The van der Waals surface area contributed by atoms with Crippen molar-refractivity contribution in [3.63, 3.8) is 0 Å². The molecule has 0 aliphatic rings. The summed E-state index contributed by atoms with van der Waals surface area (Å²) in [6.45, 7) is 13.3. The van der Waals surface area contributed by atoms with E-state index in [0.29, 0.717) is 11.3 Å². The van der Waals surface area contributed by atoms with E-state index < -0.39 is 5.97 Å². The van der Waals surface area contributed by atoms with E-state index >= 15 is 0 Å². The Bertz CT molecular complexity index is 1200. The van der Waals surface area contributed by atoms with Crippen LogP contribution in [0.25, 0.3) is 11.3 Å². The monoisotopic (exact) mass is 516 g/mol. The van der Waals surface area contributed by atoms with E-state index in [2.05, 4.69) is 77.2 Å². The molecule has 6 heteroatoms. The summed E-state index contributed by atoms with van der Waals surface area (Å²) in [5.41, 5.74) is 5.00. The van der Waals surface area contributed by atoms with Gasteiger partial charge in [-0.25, -0.2) is 0 Å². The Morgan fingerprint density at radius 1 is 0.921 bits per heavy atom. The number of rotatable bonds is 10. The smallest absolute Gasteiger partial charge is 0.305 e. The van der Waals surface area contributed by atoms with Crippen molar-refractivity contribution in [1.82, 2.24) is 10.3 Å². The van der Waals surface area contributed by atoms with Crippen LogP contribution in [0.1, 0.15) is 88.4 Å². The molecule has 0 bridgehead atoms. The second-order valence-corrected chi connectivity index (χ2v) is 11.9. The van der Waals surface area contributed by atoms with Gasteiger partial charge in [0.25, 0.3) is 5.91 Å². The molecule has 0 aliphatic carbocycles. The summed E-state index contributed by atoms with van der Waals surface area (Å²) in [6, 6.07) is 19.6. The van der Waals surface area contributed by atoms with Crippen LogP contribution in [0.2, 0.25) is 0 Å². The lowest BCUT2D eigenvalue weighted by Crippen LogP contribution is -2.25. The molecule has 1 atom stereocenters. The standard InChI is InChI=1S/C32H40N2O4/c1-31(2,3)19-17-28(38-26-14-9-23(10-15-26)30(37)33-20-18-29(35)36)24-11-16-27(34-21-24)22-7-12-25(13-8-22)32(4,5)6/h7-16,21,28H,17-20H2,1-6H3,(H,33,37)(H,35,36). The van der Waals surface area contributed by atoms with Gasteiger partial charge in [-0.2, -0.15) is 0 Å². The van der Waals surface area contributed by atoms with Gasteiger partial charge in [-0.3, -0.25) is 14.6 Å². The van der Waals surface area contributed by atoms with Crippen LogP contribution < -0.4 is 10.1 Å². The van der Waals surface area contributed by atoms with Gasteiger partial charge in [0.2, 0.25) is 0 Å². The number of hydrogen-bond donors (Lipinski definition) is 2. The minimum atomic E-state index is -0.948. The molecular formula is C32H40N2O4. The first-order valence-corrected chi connectivity index (χ1v) is 13.2. The highest BCUT2D eigenvalue weighted by Gasteiger charge is 2.20. The number of carbonyl (C=O) groups excluding carboxylic acids is 1. The quantitative estimate of drug-likeness (QED) is 0.297. The number of aliphatic carboxylic acids is 1. The fraction of sp³-hybridized carbons (Fsp3) is 0.406. The molecule has 3 aromatic rings. The number of benzene rings is 2. The zero-order valence-corrected chi connectivity index (χ0v) is 23.4. The SMILES string of the molecule is CC(C)(C)CCC(Oc1ccc(C(=O)NCCC(=O)O)cc1)c1ccc(-c2ccc(C(C)(C)C)cc2)nc1. The molecule has 1 unspecified atom stereocenters. The van der Waals surface area contributed by atoms with Crippen molar-refractivity contribution in [2.75, 3.05) is 6.54 Å². The van der Waals surface area contributed by atoms with E-state index in [-0.39, 0.29) is 35.8 Å². The Labute approximate surface area is 226 Å². The highest BCUT2D eigenvalue weighted by Crippen LogP contribution is 2.32. The molecule has 2 aromatic carbocycles. The number of carbonyl (C=O) groups is 2. The molecule has 0 saturated carbocycles. The fourth-order valence-corrected chi connectivity index (χ4v) is 4.00. The van der Waals surface area contributed by atoms with Crippen LogP contribution in [0.4, 0.5) is 0 Å². The van der Waals surface area contributed by atoms with Crippen LogP contribution in [-0.4, -0.2) is 28.5 Å². The van der Waals surface area contributed by atoms with Crippen molar-refractivity contribution in [3.8, 4) is 17.0 Å². The highest BCUT2D eigenvalue weighted by molar-refractivity contribution is 5.94. The summed E-state index contributed by atoms with van der Waals surface area (Å²) in [7, 11) is 0. The van der Waals surface area contributed by atoms with Crippen molar-refractivity contribution < 1.29 is 19.4 Å². The van der Waals surface area contributed by atoms with Crippen molar-refractivity contribution in [1.29, 1.82) is 0 Å². The van der Waals surface area contributed by atoms with Gasteiger partial charge >= 0.3 is 5.97 Å². The lowest BCUT2D eigenvalue weighted by Gasteiger charge is -2.24. The third-order valence-corrected chi connectivity index (χ3v) is 6.38. The molecule has 6 nitrogen and oxygen atoms in total. The molecule has 38 heavy (non-hydrogen) atoms. The maximum Gasteiger partial charge on any atom is 0.305 e. The molecule has 1 heterocycles. The zero-order chi connectivity index (χ0) is 27.9. The average Bonchev–Trinajstić information content (AvgIpc) is 2.86. The largest absolute Gasteiger partial charge is 0.486 e. The van der Waals surface area contributed by atoms with Gasteiger partial charge in [-0.05, 0) is 59.6 Å². The average molecular weight is 517 g/mol. The topological polar surface area (TPSA) is 88.5 Å². The van der Waals surface area contributed by atoms with Gasteiger partial charge in [0.1, 0.15) is 11.9 Å². The van der Waals surface area contributed by atoms with Gasteiger partial charge in [0.05, 0.1) is 12.1 Å². The van der Waals surface area contributed by atoms with E-state index in [1.165, 1.54) is 5.56 Å². The lowest BCUT2D eigenvalue weighted by molar-refractivity contribution is -0.136. The van der Waals surface area contributed by atoms with Gasteiger partial charge in [0, 0.05) is 29.4 Å². The first-order valence-electron chi connectivity index (χ1n) is 13.2. The second kappa shape index (κ2) is 12.2. The van der Waals surface area contributed by atoms with Gasteiger partial charge in [0.15, 0.2) is 0 Å². The van der Waals surface area contributed by atoms with Gasteiger partial charge in [-0.1, -0.05) is 71.9 Å². The van der Waals surface area contributed by atoms with Gasteiger partial charge < -0.3 is 15.2 Å². The predicted octanol–water partition coefficient (Wildman–Crippen LogP) is 7.20. The Morgan fingerprint density at radius 2 is 1.58 bits per heavy atom. The molecule has 2 N–H and O–H groups in total. The Hall–Kier alpha value is -3.67. The van der Waals surface area contributed by atoms with Crippen molar-refractivity contribution in [2.24, 2.45) is 5.41 Å². The van der Waals surface area contributed by atoms with E-state index in [1.807, 2.05) is 12.3 Å². The van der Waals surface area contributed by atoms with Crippen LogP contribution in [0.15, 0.2) is 66.9 Å². The number of ether oxygens (including phenoxy) is 1. The molecule has 1 aromatic heterocycles. The second-order valence-electron chi connectivity index (χ2n) is 11.9. The Kier molecular flexibility index (Phi) is 9.31. The predicted molar refractivity (Wildman–Crippen MR) is 151 cm³/mol. The van der Waals surface area contributed by atoms with Gasteiger partial charge in [-0.15, -0.1) is 0 Å². The van der Waals surface area contributed by atoms with Crippen molar-refractivity contribution in [3.05, 3.63) is 83.6 Å². The van der Waals surface area contributed by atoms with Crippen LogP contribution in [-0.2, 0) is 10.2 Å². The van der Waals surface area contributed by atoms with E-state index in [0.717, 1.165) is 29.7 Å². The number of amides is 1. The normalized spacial score (nSPS) is 12.6. The zero-order valence-electron chi connectivity index (χ0n) is 23.4. The number of hydrogen-bond acceptors (Lipinski definition) is 4. The minimum absolute atomic E-state index is 0.0883. The molecule has 0 fully saturated rings. The Morgan fingerprint density at radius 3 is 2.11 bits per heavy atom. The summed E-state index contributed by atoms with van der Waals surface area (Å²) < 4.78 is 6.39. The maximum atomic E-state index is 12.3. The molecular weight excluding hydrogens is 476 g/mol. The first-order chi connectivity index (χ1) is 17.8. The number of carboxylic acid groups (broad SMARTS) is 1. The number of nitrogens with one attached hydrogen (secondary N) is 1. The molecule has 3 rings (SSSR count). The third-order valence-electron chi connectivity index (χ3n) is 6.38. The molecule has 202 valence electrons. The van der Waals surface area contributed by atoms with Crippen molar-refractivity contribution in [2.45, 2.75) is 72.3 Å². The molecule has 0 spiro atoms. The summed E-state index contributed by atoms with van der Waals surface area (Å²) in [5, 5.41) is 11.4. The summed E-state index contributed by atoms with van der Waals surface area (Å²) in [4.78, 5) is 27.7. The number of nitrogens with zero attached hydrogens (tertiary/aromatic N) is 1. The van der Waals surface area contributed by atoms with Crippen LogP contribution >= 0.6 is 0 Å². The molecule has 1 amide bonds. The van der Waals surface area contributed by atoms with Crippen LogP contribution in [0.3, 0.4) is 0 Å². The summed E-state index contributed by atoms with van der Waals surface area (Å²) in [6.07, 6.45) is 3.39. The number of aromatic nitrogens is 1. The van der Waals surface area contributed by atoms with E-state index in [9.17, 15) is 9.59 Å². The Balaban J connectivity index is 1.74. The summed E-state index contributed by atoms with van der Waals surface area (Å²) in [5.74, 6) is -0.596. The third kappa shape index (κ3) is 8.72. The fourth-order valence-electron chi connectivity index (χ4n) is 4.00. The number of carboxylic acids is 1.